The van der Waals surface area contributed by atoms with Gasteiger partial charge in [-0.05, 0) is 25.1 Å². The topological polar surface area (TPSA) is 77.1 Å². The Bertz CT molecular complexity index is 461. The van der Waals surface area contributed by atoms with Crippen LogP contribution >= 0.6 is 0 Å². The first-order chi connectivity index (χ1) is 8.90. The van der Waals surface area contributed by atoms with Crippen LogP contribution < -0.4 is 10.5 Å². The minimum atomic E-state index is -4.62. The number of benzene rings is 1. The molecular weight excluding hydrogens is 265 g/mol. The quantitative estimate of drug-likeness (QED) is 0.216. The molecule has 5 nitrogen and oxygen atoms in total. The van der Waals surface area contributed by atoms with E-state index < -0.39 is 17.6 Å². The number of alkyl halides is 3. The fraction of sp³-hybridized carbons (Fsp3) is 0.364. The predicted molar refractivity (Wildman–Crippen MR) is 61.1 cm³/mol. The third kappa shape index (κ3) is 4.02. The normalized spacial score (nSPS) is 12.5. The molecule has 1 rings (SSSR count). The highest BCUT2D eigenvalue weighted by atomic mass is 19.4. The van der Waals surface area contributed by atoms with Gasteiger partial charge in [0, 0.05) is 12.2 Å². The largest absolute Gasteiger partial charge is 0.467 e. The van der Waals surface area contributed by atoms with Crippen molar-refractivity contribution in [3.8, 4) is 5.75 Å². The van der Waals surface area contributed by atoms with Gasteiger partial charge in [-0.25, -0.2) is 0 Å². The average molecular weight is 278 g/mol. The Morgan fingerprint density at radius 2 is 2.11 bits per heavy atom. The van der Waals surface area contributed by atoms with E-state index in [4.69, 9.17) is 20.4 Å². The molecule has 0 atom stereocenters. The second-order valence-electron chi connectivity index (χ2n) is 3.45. The lowest BCUT2D eigenvalue weighted by Crippen LogP contribution is -2.16. The van der Waals surface area contributed by atoms with E-state index in [0.717, 1.165) is 12.1 Å². The Balaban J connectivity index is 3.10. The fourth-order valence-electron chi connectivity index (χ4n) is 1.28. The van der Waals surface area contributed by atoms with Gasteiger partial charge < -0.3 is 20.4 Å². The summed E-state index contributed by atoms with van der Waals surface area (Å²) in [7, 11) is 0. The number of amidine groups is 1. The van der Waals surface area contributed by atoms with E-state index in [2.05, 4.69) is 5.16 Å². The highest BCUT2D eigenvalue weighted by Gasteiger charge is 2.35. The summed E-state index contributed by atoms with van der Waals surface area (Å²) in [5.41, 5.74) is 4.17. The molecule has 1 aromatic carbocycles. The van der Waals surface area contributed by atoms with Crippen LogP contribution in [0.2, 0.25) is 0 Å². The smallest absolute Gasteiger partial charge is 0.419 e. The molecule has 0 heterocycles. The molecule has 0 saturated carbocycles. The van der Waals surface area contributed by atoms with Crippen molar-refractivity contribution in [3.63, 3.8) is 0 Å². The van der Waals surface area contributed by atoms with Crippen LogP contribution in [0.25, 0.3) is 0 Å². The first kappa shape index (κ1) is 15.1. The molecule has 1 aromatic rings. The second kappa shape index (κ2) is 6.28. The highest BCUT2D eigenvalue weighted by molar-refractivity contribution is 5.97. The molecule has 106 valence electrons. The molecule has 0 aliphatic carbocycles. The van der Waals surface area contributed by atoms with Gasteiger partial charge in [-0.2, -0.15) is 13.2 Å². The number of hydrogen-bond acceptors (Lipinski definition) is 4. The monoisotopic (exact) mass is 278 g/mol. The van der Waals surface area contributed by atoms with Gasteiger partial charge in [0.2, 0.25) is 0 Å². The zero-order chi connectivity index (χ0) is 14.5. The number of halogens is 3. The number of nitrogens with two attached hydrogens (primary N) is 1. The van der Waals surface area contributed by atoms with E-state index in [1.165, 1.54) is 6.07 Å². The zero-order valence-electron chi connectivity index (χ0n) is 10.1. The summed E-state index contributed by atoms with van der Waals surface area (Å²) in [6.07, 6.45) is -4.62. The molecule has 0 amide bonds. The van der Waals surface area contributed by atoms with E-state index in [1.807, 2.05) is 0 Å². The van der Waals surface area contributed by atoms with Gasteiger partial charge >= 0.3 is 6.18 Å². The van der Waals surface area contributed by atoms with Crippen LogP contribution in [-0.2, 0) is 10.9 Å². The molecule has 0 aliphatic rings. The molecule has 0 spiro atoms. The minimum absolute atomic E-state index is 0.0569. The van der Waals surface area contributed by atoms with Crippen molar-refractivity contribution in [1.29, 1.82) is 0 Å². The van der Waals surface area contributed by atoms with Crippen molar-refractivity contribution in [1.82, 2.24) is 0 Å². The molecule has 0 saturated heterocycles. The van der Waals surface area contributed by atoms with Crippen LogP contribution in [-0.4, -0.2) is 24.4 Å². The van der Waals surface area contributed by atoms with Crippen molar-refractivity contribution in [2.45, 2.75) is 13.1 Å². The third-order valence-electron chi connectivity index (χ3n) is 2.19. The molecule has 0 radical (unpaired) electrons. The van der Waals surface area contributed by atoms with Gasteiger partial charge in [-0.15, -0.1) is 0 Å². The zero-order valence-corrected chi connectivity index (χ0v) is 10.1. The van der Waals surface area contributed by atoms with Crippen molar-refractivity contribution in [2.24, 2.45) is 10.9 Å². The lowest BCUT2D eigenvalue weighted by Gasteiger charge is -2.14. The van der Waals surface area contributed by atoms with E-state index in [1.54, 1.807) is 6.92 Å². The fourth-order valence-corrected chi connectivity index (χ4v) is 1.28. The van der Waals surface area contributed by atoms with Crippen LogP contribution in [0.3, 0.4) is 0 Å². The Morgan fingerprint density at radius 1 is 1.42 bits per heavy atom. The van der Waals surface area contributed by atoms with Crippen LogP contribution in [0, 0.1) is 0 Å². The van der Waals surface area contributed by atoms with Gasteiger partial charge in [0.1, 0.15) is 5.75 Å². The summed E-state index contributed by atoms with van der Waals surface area (Å²) in [5.74, 6) is -0.794. The summed E-state index contributed by atoms with van der Waals surface area (Å²) in [6.45, 7) is 1.72. The predicted octanol–water partition coefficient (Wildman–Crippen LogP) is 2.17. The number of oxime groups is 1. The standard InChI is InChI=1S/C11H13F3N2O3/c1-2-18-6-19-9-4-3-7(10(15)16-17)5-8(9)11(12,13)14/h3-5,17H,2,6H2,1H3,(H2,15,16). The van der Waals surface area contributed by atoms with E-state index in [-0.39, 0.29) is 18.1 Å². The average Bonchev–Trinajstić information content (AvgIpc) is 2.37. The van der Waals surface area contributed by atoms with Crippen LogP contribution in [0.1, 0.15) is 18.1 Å². The van der Waals surface area contributed by atoms with Crippen molar-refractivity contribution in [3.05, 3.63) is 29.3 Å². The van der Waals surface area contributed by atoms with Crippen molar-refractivity contribution < 1.29 is 27.9 Å². The lowest BCUT2D eigenvalue weighted by molar-refractivity contribution is -0.139. The van der Waals surface area contributed by atoms with Gasteiger partial charge in [-0.3, -0.25) is 0 Å². The summed E-state index contributed by atoms with van der Waals surface area (Å²) in [6, 6.07) is 3.09. The molecule has 0 aromatic heterocycles. The first-order valence-electron chi connectivity index (χ1n) is 5.29. The van der Waals surface area contributed by atoms with E-state index in [9.17, 15) is 13.2 Å². The van der Waals surface area contributed by atoms with Gasteiger partial charge in [0.25, 0.3) is 0 Å². The van der Waals surface area contributed by atoms with E-state index in [0.29, 0.717) is 6.61 Å². The van der Waals surface area contributed by atoms with Crippen molar-refractivity contribution in [2.75, 3.05) is 13.4 Å². The lowest BCUT2D eigenvalue weighted by atomic mass is 10.1. The highest BCUT2D eigenvalue weighted by Crippen LogP contribution is 2.36. The molecule has 3 N–H and O–H groups in total. The summed E-state index contributed by atoms with van der Waals surface area (Å²) >= 11 is 0. The molecule has 8 heteroatoms. The molecule has 0 bridgehead atoms. The summed E-state index contributed by atoms with van der Waals surface area (Å²) < 4.78 is 48.2. The van der Waals surface area contributed by atoms with Crippen molar-refractivity contribution >= 4 is 5.84 Å². The number of hydrogen-bond donors (Lipinski definition) is 2. The Morgan fingerprint density at radius 3 is 2.63 bits per heavy atom. The van der Waals surface area contributed by atoms with Gasteiger partial charge in [0.15, 0.2) is 12.6 Å². The van der Waals surface area contributed by atoms with Gasteiger partial charge in [0.05, 0.1) is 5.56 Å². The summed E-state index contributed by atoms with van der Waals surface area (Å²) in [4.78, 5) is 0. The summed E-state index contributed by atoms with van der Waals surface area (Å²) in [5, 5.41) is 11.1. The number of nitrogens with zero attached hydrogens (tertiary/aromatic N) is 1. The Hall–Kier alpha value is -1.96. The number of rotatable bonds is 5. The number of ether oxygens (including phenoxy) is 2. The molecular formula is C11H13F3N2O3. The van der Waals surface area contributed by atoms with Crippen LogP contribution in [0.4, 0.5) is 13.2 Å². The molecule has 19 heavy (non-hydrogen) atoms. The Kier molecular flexibility index (Phi) is 4.99. The first-order valence-corrected chi connectivity index (χ1v) is 5.29. The maximum Gasteiger partial charge on any atom is 0.419 e. The second-order valence-corrected chi connectivity index (χ2v) is 3.45. The minimum Gasteiger partial charge on any atom is -0.467 e. The molecule has 0 unspecified atom stereocenters. The molecule has 0 fully saturated rings. The van der Waals surface area contributed by atoms with Crippen LogP contribution in [0.15, 0.2) is 23.4 Å². The van der Waals surface area contributed by atoms with Gasteiger partial charge in [-0.1, -0.05) is 5.16 Å². The molecule has 0 aliphatic heterocycles. The SMILES string of the molecule is CCOCOc1ccc(/C(N)=N/O)cc1C(F)(F)F. The maximum atomic E-state index is 12.8. The third-order valence-corrected chi connectivity index (χ3v) is 2.19. The van der Waals surface area contributed by atoms with Crippen LogP contribution in [0.5, 0.6) is 5.75 Å². The Labute approximate surface area is 107 Å². The van der Waals surface area contributed by atoms with E-state index >= 15 is 0 Å². The maximum absolute atomic E-state index is 12.8.